The van der Waals surface area contributed by atoms with Gasteiger partial charge in [0.2, 0.25) is 5.91 Å². The number of amides is 2. The Kier molecular flexibility index (Phi) is 5.26. The molecule has 31 heavy (non-hydrogen) atoms. The Hall–Kier alpha value is -3.45. The number of benzene rings is 2. The van der Waals surface area contributed by atoms with Gasteiger partial charge in [0.1, 0.15) is 11.7 Å². The summed E-state index contributed by atoms with van der Waals surface area (Å²) in [5, 5.41) is 6.24. The minimum absolute atomic E-state index is 0.107. The number of hydrogen-bond donors (Lipinski definition) is 1. The highest BCUT2D eigenvalue weighted by atomic mass is 32.1. The predicted molar refractivity (Wildman–Crippen MR) is 122 cm³/mol. The van der Waals surface area contributed by atoms with Crippen LogP contribution < -0.4 is 5.32 Å². The summed E-state index contributed by atoms with van der Waals surface area (Å²) >= 11 is 1.37. The molecule has 5 rings (SSSR count). The summed E-state index contributed by atoms with van der Waals surface area (Å²) in [6.07, 6.45) is 3.11. The molecule has 156 valence electrons. The molecule has 0 bridgehead atoms. The topological polar surface area (TPSA) is 67.2 Å². The van der Waals surface area contributed by atoms with E-state index >= 15 is 0 Å². The van der Waals surface area contributed by atoms with E-state index in [-0.39, 0.29) is 11.8 Å². The molecule has 2 aromatic heterocycles. The third-order valence-electron chi connectivity index (χ3n) is 5.69. The summed E-state index contributed by atoms with van der Waals surface area (Å²) < 4.78 is 2.06. The van der Waals surface area contributed by atoms with Gasteiger partial charge in [0.25, 0.3) is 5.91 Å². The molecule has 7 heteroatoms. The Labute approximate surface area is 184 Å². The zero-order valence-electron chi connectivity index (χ0n) is 16.9. The standard InChI is InChI=1S/C24H22N4O2S/c29-22(26-24-25-12-14-31-24)20-11-6-13-27(20)23(30)21-15-18-9-4-5-10-19(18)28(21)16-17-7-2-1-3-8-17/h1-5,7-10,12,14-15,20H,6,11,13,16H2,(H,25,26,29). The molecule has 1 N–H and O–H groups in total. The fourth-order valence-corrected chi connectivity index (χ4v) is 4.76. The molecular weight excluding hydrogens is 408 g/mol. The minimum Gasteiger partial charge on any atom is -0.332 e. The van der Waals surface area contributed by atoms with Gasteiger partial charge in [0.15, 0.2) is 5.13 Å². The molecule has 0 radical (unpaired) electrons. The predicted octanol–water partition coefficient (Wildman–Crippen LogP) is 4.39. The van der Waals surface area contributed by atoms with Crippen LogP contribution in [0.15, 0.2) is 72.2 Å². The van der Waals surface area contributed by atoms with Crippen molar-refractivity contribution in [3.8, 4) is 0 Å². The van der Waals surface area contributed by atoms with Gasteiger partial charge < -0.3 is 14.8 Å². The van der Waals surface area contributed by atoms with Crippen LogP contribution in [0.2, 0.25) is 0 Å². The van der Waals surface area contributed by atoms with E-state index in [2.05, 4.69) is 27.0 Å². The minimum atomic E-state index is -0.486. The van der Waals surface area contributed by atoms with Crippen LogP contribution in [-0.2, 0) is 11.3 Å². The highest BCUT2D eigenvalue weighted by molar-refractivity contribution is 7.13. The number of hydrogen-bond acceptors (Lipinski definition) is 4. The van der Waals surface area contributed by atoms with Gasteiger partial charge in [-0.3, -0.25) is 9.59 Å². The number of anilines is 1. The smallest absolute Gasteiger partial charge is 0.271 e. The number of nitrogens with one attached hydrogen (secondary N) is 1. The molecule has 1 aliphatic heterocycles. The van der Waals surface area contributed by atoms with Crippen molar-refractivity contribution in [3.05, 3.63) is 83.5 Å². The van der Waals surface area contributed by atoms with Gasteiger partial charge in [-0.05, 0) is 30.5 Å². The molecule has 1 saturated heterocycles. The Morgan fingerprint density at radius 1 is 1.10 bits per heavy atom. The van der Waals surface area contributed by atoms with Crippen LogP contribution in [0, 0.1) is 0 Å². The van der Waals surface area contributed by atoms with E-state index < -0.39 is 6.04 Å². The fraction of sp³-hybridized carbons (Fsp3) is 0.208. The van der Waals surface area contributed by atoms with Gasteiger partial charge in [-0.1, -0.05) is 48.5 Å². The van der Waals surface area contributed by atoms with E-state index in [1.807, 2.05) is 53.9 Å². The molecule has 3 heterocycles. The van der Waals surface area contributed by atoms with Crippen molar-refractivity contribution < 1.29 is 9.59 Å². The zero-order valence-corrected chi connectivity index (χ0v) is 17.7. The number of para-hydroxylation sites is 1. The molecule has 1 atom stereocenters. The van der Waals surface area contributed by atoms with Crippen molar-refractivity contribution >= 4 is 39.2 Å². The molecule has 0 saturated carbocycles. The van der Waals surface area contributed by atoms with Crippen LogP contribution in [0.4, 0.5) is 5.13 Å². The number of likely N-dealkylation sites (tertiary alicyclic amines) is 1. The van der Waals surface area contributed by atoms with E-state index in [4.69, 9.17) is 0 Å². The molecule has 1 fully saturated rings. The second kappa shape index (κ2) is 8.35. The van der Waals surface area contributed by atoms with Crippen molar-refractivity contribution in [2.24, 2.45) is 0 Å². The fourth-order valence-electron chi connectivity index (χ4n) is 4.23. The van der Waals surface area contributed by atoms with E-state index in [0.29, 0.717) is 30.3 Å². The maximum atomic E-state index is 13.7. The summed E-state index contributed by atoms with van der Waals surface area (Å²) in [7, 11) is 0. The van der Waals surface area contributed by atoms with Crippen molar-refractivity contribution in [1.82, 2.24) is 14.5 Å². The van der Waals surface area contributed by atoms with Crippen molar-refractivity contribution in [2.45, 2.75) is 25.4 Å². The van der Waals surface area contributed by atoms with Crippen LogP contribution in [0.1, 0.15) is 28.9 Å². The third kappa shape index (κ3) is 3.84. The highest BCUT2D eigenvalue weighted by Gasteiger charge is 2.36. The first-order valence-corrected chi connectivity index (χ1v) is 11.2. The van der Waals surface area contributed by atoms with E-state index in [9.17, 15) is 9.59 Å². The second-order valence-corrected chi connectivity index (χ2v) is 8.54. The maximum absolute atomic E-state index is 13.7. The third-order valence-corrected chi connectivity index (χ3v) is 6.38. The van der Waals surface area contributed by atoms with Crippen molar-refractivity contribution in [1.29, 1.82) is 0 Å². The average molecular weight is 431 g/mol. The normalized spacial score (nSPS) is 16.0. The molecular formula is C24H22N4O2S. The van der Waals surface area contributed by atoms with E-state index in [1.165, 1.54) is 11.3 Å². The molecule has 4 aromatic rings. The lowest BCUT2D eigenvalue weighted by Gasteiger charge is -2.24. The Morgan fingerprint density at radius 2 is 1.90 bits per heavy atom. The molecule has 1 unspecified atom stereocenters. The second-order valence-electron chi connectivity index (χ2n) is 7.64. The largest absolute Gasteiger partial charge is 0.332 e. The quantitative estimate of drug-likeness (QED) is 0.511. The lowest BCUT2D eigenvalue weighted by molar-refractivity contribution is -0.119. The lowest BCUT2D eigenvalue weighted by atomic mass is 10.2. The van der Waals surface area contributed by atoms with Gasteiger partial charge >= 0.3 is 0 Å². The van der Waals surface area contributed by atoms with Gasteiger partial charge in [-0.15, -0.1) is 11.3 Å². The first-order valence-electron chi connectivity index (χ1n) is 10.3. The first kappa shape index (κ1) is 19.5. The summed E-state index contributed by atoms with van der Waals surface area (Å²) in [5.74, 6) is -0.282. The maximum Gasteiger partial charge on any atom is 0.271 e. The summed E-state index contributed by atoms with van der Waals surface area (Å²) in [4.78, 5) is 32.4. The van der Waals surface area contributed by atoms with Gasteiger partial charge in [0.05, 0.1) is 0 Å². The number of aromatic nitrogens is 2. The highest BCUT2D eigenvalue weighted by Crippen LogP contribution is 2.27. The van der Waals surface area contributed by atoms with Crippen molar-refractivity contribution in [3.63, 3.8) is 0 Å². The van der Waals surface area contributed by atoms with Crippen LogP contribution in [0.5, 0.6) is 0 Å². The van der Waals surface area contributed by atoms with Crippen LogP contribution in [0.25, 0.3) is 10.9 Å². The summed E-state index contributed by atoms with van der Waals surface area (Å²) in [6.45, 7) is 1.17. The van der Waals surface area contributed by atoms with Crippen LogP contribution >= 0.6 is 11.3 Å². The summed E-state index contributed by atoms with van der Waals surface area (Å²) in [6, 6.07) is 19.6. The summed E-state index contributed by atoms with van der Waals surface area (Å²) in [5.41, 5.74) is 2.74. The number of nitrogens with zero attached hydrogens (tertiary/aromatic N) is 3. The average Bonchev–Trinajstić information content (AvgIpc) is 3.54. The number of fused-ring (bicyclic) bond motifs is 1. The van der Waals surface area contributed by atoms with Gasteiger partial charge in [-0.2, -0.15) is 0 Å². The number of rotatable bonds is 5. The molecule has 1 aliphatic rings. The first-order chi connectivity index (χ1) is 15.2. The van der Waals surface area contributed by atoms with Gasteiger partial charge in [-0.25, -0.2) is 4.98 Å². The zero-order chi connectivity index (χ0) is 21.2. The Morgan fingerprint density at radius 3 is 2.71 bits per heavy atom. The Balaban J connectivity index is 1.47. The number of carbonyl (C=O) groups is 2. The van der Waals surface area contributed by atoms with Gasteiger partial charge in [0, 0.05) is 35.6 Å². The van der Waals surface area contributed by atoms with Crippen LogP contribution in [0.3, 0.4) is 0 Å². The molecule has 0 spiro atoms. The number of thiazole rings is 1. The number of carbonyl (C=O) groups excluding carboxylic acids is 2. The van der Waals surface area contributed by atoms with E-state index in [1.54, 1.807) is 11.1 Å². The SMILES string of the molecule is O=C(Nc1nccs1)C1CCCN1C(=O)c1cc2ccccc2n1Cc1ccccc1. The molecule has 2 aromatic carbocycles. The lowest BCUT2D eigenvalue weighted by Crippen LogP contribution is -2.43. The van der Waals surface area contributed by atoms with Crippen molar-refractivity contribution in [2.75, 3.05) is 11.9 Å². The molecule has 0 aliphatic carbocycles. The Bertz CT molecular complexity index is 1220. The molecule has 6 nitrogen and oxygen atoms in total. The van der Waals surface area contributed by atoms with E-state index in [0.717, 1.165) is 22.9 Å². The van der Waals surface area contributed by atoms with Crippen LogP contribution in [-0.4, -0.2) is 38.9 Å². The monoisotopic (exact) mass is 430 g/mol. The molecule has 2 amide bonds.